The number of nitrogens with one attached hydrogen (secondary N) is 1. The van der Waals surface area contributed by atoms with Crippen LogP contribution in [0.25, 0.3) is 0 Å². The predicted molar refractivity (Wildman–Crippen MR) is 106 cm³/mol. The lowest BCUT2D eigenvalue weighted by Crippen LogP contribution is -2.42. The predicted octanol–water partition coefficient (Wildman–Crippen LogP) is 2.77. The SMILES string of the molecule is CC(C)N(CCNC(=O)c1sccc1S(=O)(=O)N1CCCCC1)C(C)C. The molecule has 1 amide bonds. The van der Waals surface area contributed by atoms with Gasteiger partial charge in [-0.3, -0.25) is 9.69 Å². The van der Waals surface area contributed by atoms with Crippen molar-refractivity contribution in [3.8, 4) is 0 Å². The number of rotatable bonds is 8. The molecule has 1 aliphatic rings. The Bertz CT molecular complexity index is 684. The summed E-state index contributed by atoms with van der Waals surface area (Å²) in [7, 11) is -3.59. The molecule has 1 fully saturated rings. The fourth-order valence-corrected chi connectivity index (χ4v) is 6.24. The molecule has 1 aromatic rings. The number of nitrogens with zero attached hydrogens (tertiary/aromatic N) is 2. The Morgan fingerprint density at radius 3 is 2.38 bits per heavy atom. The summed E-state index contributed by atoms with van der Waals surface area (Å²) in [5.41, 5.74) is 0. The highest BCUT2D eigenvalue weighted by Crippen LogP contribution is 2.27. The quantitative estimate of drug-likeness (QED) is 0.727. The first-order valence-electron chi connectivity index (χ1n) is 9.36. The number of hydrogen-bond acceptors (Lipinski definition) is 5. The van der Waals surface area contributed by atoms with Crippen LogP contribution in [0.4, 0.5) is 0 Å². The van der Waals surface area contributed by atoms with Crippen LogP contribution < -0.4 is 5.32 Å². The zero-order chi connectivity index (χ0) is 19.3. The summed E-state index contributed by atoms with van der Waals surface area (Å²) in [6.07, 6.45) is 2.82. The molecule has 1 saturated heterocycles. The molecule has 0 aliphatic carbocycles. The molecular formula is C18H31N3O3S2. The lowest BCUT2D eigenvalue weighted by atomic mass is 10.2. The lowest BCUT2D eigenvalue weighted by molar-refractivity contribution is 0.0940. The van der Waals surface area contributed by atoms with Gasteiger partial charge in [0.2, 0.25) is 10.0 Å². The van der Waals surface area contributed by atoms with E-state index in [0.717, 1.165) is 25.8 Å². The molecule has 2 rings (SSSR count). The summed E-state index contributed by atoms with van der Waals surface area (Å²) in [4.78, 5) is 15.3. The van der Waals surface area contributed by atoms with Gasteiger partial charge in [-0.05, 0) is 52.0 Å². The van der Waals surface area contributed by atoms with Gasteiger partial charge in [-0.1, -0.05) is 6.42 Å². The maximum Gasteiger partial charge on any atom is 0.262 e. The van der Waals surface area contributed by atoms with Gasteiger partial charge in [-0.2, -0.15) is 4.31 Å². The molecule has 0 unspecified atom stereocenters. The molecule has 1 aliphatic heterocycles. The summed E-state index contributed by atoms with van der Waals surface area (Å²) < 4.78 is 27.3. The first kappa shape index (κ1) is 21.3. The fourth-order valence-electron chi connectivity index (χ4n) is 3.40. The molecule has 0 aromatic carbocycles. The van der Waals surface area contributed by atoms with E-state index >= 15 is 0 Å². The second kappa shape index (κ2) is 9.30. The molecule has 0 bridgehead atoms. The van der Waals surface area contributed by atoms with Gasteiger partial charge in [0.1, 0.15) is 9.77 Å². The van der Waals surface area contributed by atoms with Crippen molar-refractivity contribution < 1.29 is 13.2 Å². The Kier molecular flexibility index (Phi) is 7.63. The molecule has 0 atom stereocenters. The zero-order valence-electron chi connectivity index (χ0n) is 16.2. The molecular weight excluding hydrogens is 370 g/mol. The van der Waals surface area contributed by atoms with Crippen molar-refractivity contribution >= 4 is 27.3 Å². The molecule has 8 heteroatoms. The maximum atomic E-state index is 12.9. The third kappa shape index (κ3) is 5.06. The standard InChI is InChI=1S/C18H31N3O3S2/c1-14(2)21(15(3)4)12-9-19-18(22)17-16(8-13-25-17)26(23,24)20-10-6-5-7-11-20/h8,13-15H,5-7,9-12H2,1-4H3,(H,19,22). The van der Waals surface area contributed by atoms with Crippen LogP contribution in [-0.4, -0.2) is 61.8 Å². The van der Waals surface area contributed by atoms with Crippen LogP contribution in [0.15, 0.2) is 16.3 Å². The first-order chi connectivity index (χ1) is 12.2. The van der Waals surface area contributed by atoms with Crippen molar-refractivity contribution in [1.29, 1.82) is 0 Å². The van der Waals surface area contributed by atoms with E-state index in [-0.39, 0.29) is 15.7 Å². The molecule has 0 saturated carbocycles. The molecule has 0 radical (unpaired) electrons. The smallest absolute Gasteiger partial charge is 0.262 e. The third-order valence-corrected chi connectivity index (χ3v) is 7.73. The first-order valence-corrected chi connectivity index (χ1v) is 11.7. The van der Waals surface area contributed by atoms with Gasteiger partial charge in [0.15, 0.2) is 0 Å². The molecule has 1 aromatic heterocycles. The topological polar surface area (TPSA) is 69.7 Å². The van der Waals surface area contributed by atoms with E-state index in [2.05, 4.69) is 37.9 Å². The fraction of sp³-hybridized carbons (Fsp3) is 0.722. The van der Waals surface area contributed by atoms with E-state index in [1.165, 1.54) is 15.6 Å². The van der Waals surface area contributed by atoms with Crippen molar-refractivity contribution in [1.82, 2.24) is 14.5 Å². The van der Waals surface area contributed by atoms with Gasteiger partial charge < -0.3 is 5.32 Å². The van der Waals surface area contributed by atoms with Gasteiger partial charge in [-0.15, -0.1) is 11.3 Å². The highest BCUT2D eigenvalue weighted by Gasteiger charge is 2.30. The molecule has 6 nitrogen and oxygen atoms in total. The van der Waals surface area contributed by atoms with Gasteiger partial charge in [0.05, 0.1) is 0 Å². The third-order valence-electron chi connectivity index (χ3n) is 4.75. The minimum Gasteiger partial charge on any atom is -0.350 e. The van der Waals surface area contributed by atoms with Crippen LogP contribution in [0.3, 0.4) is 0 Å². The Hall–Kier alpha value is -0.960. The number of carbonyl (C=O) groups excluding carboxylic acids is 1. The van der Waals surface area contributed by atoms with Crippen LogP contribution in [0, 0.1) is 0 Å². The van der Waals surface area contributed by atoms with Crippen molar-refractivity contribution in [2.24, 2.45) is 0 Å². The Labute approximate surface area is 161 Å². The van der Waals surface area contributed by atoms with Crippen molar-refractivity contribution in [3.63, 3.8) is 0 Å². The average molecular weight is 402 g/mol. The van der Waals surface area contributed by atoms with E-state index in [1.807, 2.05) is 0 Å². The molecule has 148 valence electrons. The van der Waals surface area contributed by atoms with Gasteiger partial charge in [0.25, 0.3) is 5.91 Å². The van der Waals surface area contributed by atoms with E-state index in [9.17, 15) is 13.2 Å². The summed E-state index contributed by atoms with van der Waals surface area (Å²) in [5.74, 6) is -0.303. The lowest BCUT2D eigenvalue weighted by Gasteiger charge is -2.30. The second-order valence-electron chi connectivity index (χ2n) is 7.26. The number of thiophene rings is 1. The van der Waals surface area contributed by atoms with Crippen molar-refractivity contribution in [2.75, 3.05) is 26.2 Å². The van der Waals surface area contributed by atoms with Crippen molar-refractivity contribution in [3.05, 3.63) is 16.3 Å². The normalized spacial score (nSPS) is 16.6. The summed E-state index contributed by atoms with van der Waals surface area (Å²) >= 11 is 1.19. The van der Waals surface area contributed by atoms with Gasteiger partial charge in [-0.25, -0.2) is 8.42 Å². The highest BCUT2D eigenvalue weighted by molar-refractivity contribution is 7.89. The van der Waals surface area contributed by atoms with Crippen LogP contribution >= 0.6 is 11.3 Å². The minimum absolute atomic E-state index is 0.145. The summed E-state index contributed by atoms with van der Waals surface area (Å²) in [6.45, 7) is 10.8. The van der Waals surface area contributed by atoms with E-state index in [0.29, 0.717) is 31.7 Å². The summed E-state index contributed by atoms with van der Waals surface area (Å²) in [6, 6.07) is 2.34. The molecule has 0 spiro atoms. The monoisotopic (exact) mass is 401 g/mol. The number of amides is 1. The van der Waals surface area contributed by atoms with Crippen LogP contribution in [0.1, 0.15) is 56.6 Å². The van der Waals surface area contributed by atoms with Crippen LogP contribution in [-0.2, 0) is 10.0 Å². The van der Waals surface area contributed by atoms with E-state index in [1.54, 1.807) is 11.4 Å². The Balaban J connectivity index is 2.04. The summed E-state index contributed by atoms with van der Waals surface area (Å²) in [5, 5.41) is 4.57. The van der Waals surface area contributed by atoms with E-state index in [4.69, 9.17) is 0 Å². The Morgan fingerprint density at radius 1 is 1.19 bits per heavy atom. The molecule has 2 heterocycles. The maximum absolute atomic E-state index is 12.9. The van der Waals surface area contributed by atoms with Crippen molar-refractivity contribution in [2.45, 2.75) is 63.9 Å². The molecule has 1 N–H and O–H groups in total. The zero-order valence-corrected chi connectivity index (χ0v) is 17.8. The van der Waals surface area contributed by atoms with Gasteiger partial charge >= 0.3 is 0 Å². The largest absolute Gasteiger partial charge is 0.350 e. The van der Waals surface area contributed by atoms with Gasteiger partial charge in [0, 0.05) is 38.3 Å². The number of sulfonamides is 1. The minimum atomic E-state index is -3.59. The number of piperidine rings is 1. The number of carbonyl (C=O) groups is 1. The second-order valence-corrected chi connectivity index (χ2v) is 10.1. The number of hydrogen-bond donors (Lipinski definition) is 1. The molecule has 26 heavy (non-hydrogen) atoms. The highest BCUT2D eigenvalue weighted by atomic mass is 32.2. The Morgan fingerprint density at radius 2 is 1.81 bits per heavy atom. The van der Waals surface area contributed by atoms with Crippen LogP contribution in [0.2, 0.25) is 0 Å². The average Bonchev–Trinajstić information content (AvgIpc) is 3.09. The van der Waals surface area contributed by atoms with E-state index < -0.39 is 10.0 Å². The van der Waals surface area contributed by atoms with Crippen LogP contribution in [0.5, 0.6) is 0 Å².